The Kier molecular flexibility index (Phi) is 24.1. The van der Waals surface area contributed by atoms with Crippen molar-refractivity contribution < 1.29 is 118 Å². The Morgan fingerprint density at radius 2 is 1.31 bits per heavy atom. The molecule has 7 aliphatic rings. The number of hydrogen-bond acceptors (Lipinski definition) is 25. The summed E-state index contributed by atoms with van der Waals surface area (Å²) < 4.78 is 38.3. The number of carboxylic acids is 1. The van der Waals surface area contributed by atoms with Crippen molar-refractivity contribution in [3.63, 3.8) is 0 Å². The Labute approximate surface area is 607 Å². The number of aliphatic hydroxyl groups is 6. The van der Waals surface area contributed by atoms with Gasteiger partial charge in [0, 0.05) is 34.7 Å². The van der Waals surface area contributed by atoms with Crippen molar-refractivity contribution in [3.8, 4) is 57.1 Å². The Balaban J connectivity index is 0.0000121. The SMILES string of the molecule is CN[C@H](CC(C)C)C(=O)N[C@H]1C(=O)N[C@@H](CC(N)=O)C(=O)N[C@H]2C(=O)N[C@H]3C(=O)N[C@H](C(=O)N[C@@H](C(=O)O)c4cc(O)cc(O)c4-c4cc3ccc4O)[C@H](O)c3ccc(c(Cl)c3)Oc3cc2cc(c3O[C@@H]2O[C@H](CO)[C@@H](O)[C@H](O)[C@H]2O[C@H]2C[C@](C)(N)C(O)[C@H](C)O2)Oc2ccc(cc2Cl)[C@H]1O.I. The number of aliphatic carboxylic acids is 1. The predicted octanol–water partition coefficient (Wildman–Crippen LogP) is 0.724. The maximum atomic E-state index is 16.0. The second-order valence-electron chi connectivity index (χ2n) is 25.7. The van der Waals surface area contributed by atoms with E-state index in [1.54, 1.807) is 0 Å². The minimum Gasteiger partial charge on any atom is -0.508 e. The molecule has 33 nitrogen and oxygen atoms in total. The van der Waals surface area contributed by atoms with Gasteiger partial charge in [-0.3, -0.25) is 33.6 Å². The molecule has 21 N–H and O–H groups in total. The minimum atomic E-state index is -2.35. The molecule has 0 aliphatic carbocycles. The first kappa shape index (κ1) is 77.7. The maximum Gasteiger partial charge on any atom is 0.330 e. The number of phenols is 3. The van der Waals surface area contributed by atoms with Crippen molar-refractivity contribution in [1.29, 1.82) is 0 Å². The molecular formula is C66H76Cl2IN9O24. The lowest BCUT2D eigenvalue weighted by Crippen LogP contribution is -2.64. The highest BCUT2D eigenvalue weighted by molar-refractivity contribution is 14.0. The zero-order valence-electron chi connectivity index (χ0n) is 54.7. The molecule has 1 unspecified atom stereocenters. The number of aliphatic hydroxyl groups excluding tert-OH is 6. The van der Waals surface area contributed by atoms with Gasteiger partial charge < -0.3 is 128 Å². The Morgan fingerprint density at radius 3 is 1.89 bits per heavy atom. The van der Waals surface area contributed by atoms with Gasteiger partial charge in [-0.25, -0.2) is 4.79 Å². The highest BCUT2D eigenvalue weighted by Gasteiger charge is 2.51. The summed E-state index contributed by atoms with van der Waals surface area (Å²) in [6.45, 7) is 5.66. The molecule has 0 aromatic heterocycles. The summed E-state index contributed by atoms with van der Waals surface area (Å²) in [6, 6.07) is -0.679. The molecule has 2 saturated heterocycles. The van der Waals surface area contributed by atoms with Crippen LogP contribution in [-0.4, -0.2) is 191 Å². The highest BCUT2D eigenvalue weighted by atomic mass is 127. The number of likely N-dealkylation sites (N-methyl/N-ethyl adjacent to an activating group) is 1. The van der Waals surface area contributed by atoms with Crippen LogP contribution < -0.4 is 62.9 Å². The molecule has 7 heterocycles. The standard InChI is InChI=1S/C66H75Cl2N9O24.HI/c1-23(2)12-34(71-5)58(88)76-49-51(83)26-7-10-38(32(67)14-26)97-40-16-28-17-41(55(40)101-65-56(54(86)53(85)42(22-78)99-65)100-44-21-66(4,70)57(87)24(3)96-44)98-39-11-8-27(15-33(39)68)52(84)50-63(93)75-48(64(94)95)31-18-29(79)19-37(81)45(31)30-13-25(6-9-36(30)80)46(60(90)77-50)74-61(91)47(28)73-59(89)35(20-43(69)82)72-62(49)92;/h6-11,13-19,23-24,34-35,42,44,46-54,56-57,65,71,78-81,83-87H,12,20-22,70H2,1-5H3,(H2,69,82)(H,72,92)(H,73,89)(H,74,91)(H,75,93)(H,76,88)(H,77,90)(H,94,95);1H/t24-,34+,35-,42+,44-,46+,47+,48+,49+,50-,51+,52+,53+,54-,56+,57?,65-,66-;/m0./s1. The third-order valence-electron chi connectivity index (χ3n) is 17.8. The van der Waals surface area contributed by atoms with Gasteiger partial charge in [0.2, 0.25) is 53.4 Å². The lowest BCUT2D eigenvalue weighted by molar-refractivity contribution is -0.333. The van der Waals surface area contributed by atoms with Crippen molar-refractivity contribution in [2.75, 3.05) is 13.7 Å². The number of phenolic OH excluding ortho intramolecular Hbond substituents is 3. The number of fused-ring (bicyclic) bond motifs is 15. The monoisotopic (exact) mass is 1580 g/mol. The van der Waals surface area contributed by atoms with Crippen LogP contribution >= 0.6 is 47.2 Å². The number of carbonyl (C=O) groups is 8. The fraction of sp³-hybridized carbons (Fsp3) is 0.424. The largest absolute Gasteiger partial charge is 0.508 e. The third kappa shape index (κ3) is 16.5. The number of amides is 7. The van der Waals surface area contributed by atoms with Crippen LogP contribution in [0.2, 0.25) is 10.0 Å². The van der Waals surface area contributed by atoms with Crippen molar-refractivity contribution in [3.05, 3.63) is 117 Å². The van der Waals surface area contributed by atoms with Crippen LogP contribution in [-0.2, 0) is 52.6 Å². The van der Waals surface area contributed by atoms with Crippen LogP contribution in [0.15, 0.2) is 78.9 Å². The smallest absolute Gasteiger partial charge is 0.330 e. The Morgan fingerprint density at radius 1 is 0.716 bits per heavy atom. The van der Waals surface area contributed by atoms with Gasteiger partial charge in [0.1, 0.15) is 89.5 Å². The zero-order chi connectivity index (χ0) is 73.5. The second-order valence-corrected chi connectivity index (χ2v) is 26.5. The molecule has 550 valence electrons. The summed E-state index contributed by atoms with van der Waals surface area (Å²) in [5.41, 5.74) is 8.00. The first-order valence-electron chi connectivity index (χ1n) is 31.6. The summed E-state index contributed by atoms with van der Waals surface area (Å²) in [7, 11) is 1.47. The summed E-state index contributed by atoms with van der Waals surface area (Å²) in [4.78, 5) is 117. The fourth-order valence-electron chi connectivity index (χ4n) is 12.5. The van der Waals surface area contributed by atoms with Crippen LogP contribution in [0.3, 0.4) is 0 Å². The van der Waals surface area contributed by atoms with Gasteiger partial charge in [0.25, 0.3) is 0 Å². The number of primary amides is 1. The summed E-state index contributed by atoms with van der Waals surface area (Å²) in [5.74, 6) is -16.0. The molecule has 0 saturated carbocycles. The lowest BCUT2D eigenvalue weighted by Gasteiger charge is -2.47. The summed E-state index contributed by atoms with van der Waals surface area (Å²) in [5, 5.41) is 131. The number of rotatable bonds is 13. The van der Waals surface area contributed by atoms with Gasteiger partial charge in [0.15, 0.2) is 29.9 Å². The normalized spacial score (nSPS) is 29.1. The fourth-order valence-corrected chi connectivity index (χ4v) is 12.9. The van der Waals surface area contributed by atoms with Crippen LogP contribution in [0.5, 0.6) is 46.0 Å². The van der Waals surface area contributed by atoms with Gasteiger partial charge in [-0.2, -0.15) is 0 Å². The van der Waals surface area contributed by atoms with Gasteiger partial charge >= 0.3 is 5.97 Å². The molecule has 5 aromatic carbocycles. The number of halogens is 3. The average molecular weight is 1580 g/mol. The molecule has 36 heteroatoms. The van der Waals surface area contributed by atoms with E-state index in [0.29, 0.717) is 0 Å². The predicted molar refractivity (Wildman–Crippen MR) is 365 cm³/mol. The molecule has 0 radical (unpaired) electrons. The van der Waals surface area contributed by atoms with Gasteiger partial charge in [-0.15, -0.1) is 24.0 Å². The number of nitrogens with one attached hydrogen (secondary N) is 7. The van der Waals surface area contributed by atoms with Gasteiger partial charge in [0.05, 0.1) is 41.3 Å². The molecule has 5 aromatic rings. The quantitative estimate of drug-likeness (QED) is 0.0722. The topological polar surface area (TPSA) is 530 Å². The number of carboxylic acid groups (broad SMARTS) is 1. The van der Waals surface area contributed by atoms with Crippen LogP contribution in [0.4, 0.5) is 0 Å². The third-order valence-corrected chi connectivity index (χ3v) is 18.4. The van der Waals surface area contributed by atoms with Crippen LogP contribution in [0, 0.1) is 5.92 Å². The van der Waals surface area contributed by atoms with Crippen molar-refractivity contribution >= 4 is 94.5 Å². The molecule has 7 amide bonds. The van der Waals surface area contributed by atoms with Crippen molar-refractivity contribution in [2.45, 2.75) is 156 Å². The molecule has 18 atom stereocenters. The second kappa shape index (κ2) is 31.6. The maximum absolute atomic E-state index is 16.0. The molecule has 12 rings (SSSR count). The lowest BCUT2D eigenvalue weighted by atomic mass is 9.86. The highest BCUT2D eigenvalue weighted by Crippen LogP contribution is 2.50. The molecule has 7 aliphatic heterocycles. The Hall–Kier alpha value is -8.47. The van der Waals surface area contributed by atoms with E-state index in [0.717, 1.165) is 66.7 Å². The number of nitrogens with two attached hydrogens (primary N) is 2. The summed E-state index contributed by atoms with van der Waals surface area (Å²) in [6.07, 6.45) is -18.6. The van der Waals surface area contributed by atoms with E-state index in [1.807, 2.05) is 13.8 Å². The first-order valence-corrected chi connectivity index (χ1v) is 32.4. The molecule has 11 bridgehead atoms. The zero-order valence-corrected chi connectivity index (χ0v) is 58.6. The van der Waals surface area contributed by atoms with Gasteiger partial charge in [-0.05, 0) is 110 Å². The minimum absolute atomic E-state index is 0. The molecule has 2 fully saturated rings. The number of aromatic hydroxyl groups is 3. The van der Waals surface area contributed by atoms with Crippen LogP contribution in [0.25, 0.3) is 11.1 Å². The van der Waals surface area contributed by atoms with E-state index in [2.05, 4.69) is 37.2 Å². The molecular weight excluding hydrogens is 1500 g/mol. The van der Waals surface area contributed by atoms with E-state index >= 15 is 14.4 Å². The molecule has 102 heavy (non-hydrogen) atoms. The number of ether oxygens (including phenoxy) is 6. The van der Waals surface area contributed by atoms with E-state index in [4.69, 9.17) is 63.1 Å². The number of carbonyl (C=O) groups excluding carboxylic acids is 7. The first-order chi connectivity index (χ1) is 47.7. The van der Waals surface area contributed by atoms with E-state index in [-0.39, 0.29) is 70.2 Å². The average Bonchev–Trinajstić information content (AvgIpc) is 0.773. The van der Waals surface area contributed by atoms with Crippen molar-refractivity contribution in [1.82, 2.24) is 37.2 Å². The Bertz CT molecular complexity index is 4080. The van der Waals surface area contributed by atoms with E-state index < -0.39 is 237 Å². The van der Waals surface area contributed by atoms with E-state index in [9.17, 15) is 75.0 Å². The molecule has 0 spiro atoms. The number of benzene rings is 5. The van der Waals surface area contributed by atoms with Crippen LogP contribution in [0.1, 0.15) is 105 Å². The van der Waals surface area contributed by atoms with Crippen molar-refractivity contribution in [2.24, 2.45) is 17.4 Å². The number of hydrogen-bond donors (Lipinski definition) is 19. The van der Waals surface area contributed by atoms with E-state index in [1.165, 1.54) is 33.0 Å². The van der Waals surface area contributed by atoms with Gasteiger partial charge in [-0.1, -0.05) is 55.2 Å². The summed E-state index contributed by atoms with van der Waals surface area (Å²) >= 11 is 14.1.